The molecule has 2 aliphatic heterocycles. The molecule has 2 aromatic carbocycles. The van der Waals surface area contributed by atoms with Crippen LogP contribution < -0.4 is 19.1 Å². The van der Waals surface area contributed by atoms with E-state index in [9.17, 15) is 18.3 Å². The Balaban J connectivity index is 1.61. The SMILES string of the molecule is O=C(O)c1cc(NS(=O)(=O)c2ccc3c(c2)OCCO3)ccc1N1CCSCC1. The number of anilines is 2. The highest BCUT2D eigenvalue weighted by Crippen LogP contribution is 2.33. The van der Waals surface area contributed by atoms with E-state index in [4.69, 9.17) is 9.47 Å². The van der Waals surface area contributed by atoms with Crippen LogP contribution in [0.15, 0.2) is 41.3 Å². The minimum Gasteiger partial charge on any atom is -0.486 e. The summed E-state index contributed by atoms with van der Waals surface area (Å²) in [5.41, 5.74) is 0.853. The van der Waals surface area contributed by atoms with Gasteiger partial charge in [-0.1, -0.05) is 0 Å². The van der Waals surface area contributed by atoms with Crippen LogP contribution >= 0.6 is 11.8 Å². The van der Waals surface area contributed by atoms with Crippen molar-refractivity contribution in [1.82, 2.24) is 0 Å². The molecule has 0 saturated carbocycles. The minimum atomic E-state index is -3.92. The molecule has 8 nitrogen and oxygen atoms in total. The van der Waals surface area contributed by atoms with Gasteiger partial charge in [0.15, 0.2) is 11.5 Å². The molecule has 29 heavy (non-hydrogen) atoms. The molecule has 0 spiro atoms. The second kappa shape index (κ2) is 8.03. The van der Waals surface area contributed by atoms with Gasteiger partial charge in [-0.05, 0) is 30.3 Å². The average molecular weight is 437 g/mol. The molecule has 1 saturated heterocycles. The highest BCUT2D eigenvalue weighted by molar-refractivity contribution is 7.99. The molecule has 2 aliphatic rings. The largest absolute Gasteiger partial charge is 0.486 e. The van der Waals surface area contributed by atoms with E-state index >= 15 is 0 Å². The molecule has 0 aliphatic carbocycles. The summed E-state index contributed by atoms with van der Waals surface area (Å²) < 4.78 is 38.9. The van der Waals surface area contributed by atoms with Crippen LogP contribution in [-0.2, 0) is 10.0 Å². The lowest BCUT2D eigenvalue weighted by Gasteiger charge is -2.29. The van der Waals surface area contributed by atoms with Crippen LogP contribution in [-0.4, -0.2) is 57.3 Å². The lowest BCUT2D eigenvalue weighted by atomic mass is 10.1. The Bertz CT molecular complexity index is 1030. The number of carbonyl (C=O) groups is 1. The number of rotatable bonds is 5. The molecule has 0 amide bonds. The molecule has 2 heterocycles. The Labute approximate surface area is 172 Å². The molecule has 0 bridgehead atoms. The van der Waals surface area contributed by atoms with Crippen LogP contribution in [0.25, 0.3) is 0 Å². The van der Waals surface area contributed by atoms with Crippen LogP contribution in [0.2, 0.25) is 0 Å². The third-order valence-electron chi connectivity index (χ3n) is 4.65. The normalized spacial score (nSPS) is 16.3. The lowest BCUT2D eigenvalue weighted by Crippen LogP contribution is -2.33. The molecule has 0 unspecified atom stereocenters. The molecule has 1 fully saturated rings. The smallest absolute Gasteiger partial charge is 0.337 e. The molecule has 0 atom stereocenters. The standard InChI is InChI=1S/C19H20N2O6S2/c22-19(23)15-11-13(1-3-16(15)21-5-9-28-10-6-21)20-29(24,25)14-2-4-17-18(12-14)27-8-7-26-17/h1-4,11-12,20H,5-10H2,(H,22,23). The summed E-state index contributed by atoms with van der Waals surface area (Å²) >= 11 is 1.83. The predicted molar refractivity (Wildman–Crippen MR) is 111 cm³/mol. The van der Waals surface area contributed by atoms with Gasteiger partial charge in [0, 0.05) is 36.3 Å². The molecule has 2 N–H and O–H groups in total. The first kappa shape index (κ1) is 19.7. The van der Waals surface area contributed by atoms with E-state index in [2.05, 4.69) is 4.72 Å². The van der Waals surface area contributed by atoms with Gasteiger partial charge in [0.2, 0.25) is 0 Å². The zero-order valence-corrected chi connectivity index (χ0v) is 17.1. The monoisotopic (exact) mass is 436 g/mol. The lowest BCUT2D eigenvalue weighted by molar-refractivity contribution is 0.0697. The number of thioether (sulfide) groups is 1. The molecular formula is C19H20N2O6S2. The van der Waals surface area contributed by atoms with Crippen LogP contribution in [0.5, 0.6) is 11.5 Å². The Morgan fingerprint density at radius 2 is 1.76 bits per heavy atom. The Kier molecular flexibility index (Phi) is 5.46. The average Bonchev–Trinajstić information content (AvgIpc) is 2.73. The fraction of sp³-hybridized carbons (Fsp3) is 0.316. The first-order chi connectivity index (χ1) is 13.9. The maximum Gasteiger partial charge on any atom is 0.337 e. The van der Waals surface area contributed by atoms with E-state index in [1.54, 1.807) is 18.2 Å². The topological polar surface area (TPSA) is 105 Å². The third kappa shape index (κ3) is 4.23. The van der Waals surface area contributed by atoms with Gasteiger partial charge in [-0.3, -0.25) is 4.72 Å². The van der Waals surface area contributed by atoms with Crippen molar-refractivity contribution in [3.8, 4) is 11.5 Å². The van der Waals surface area contributed by atoms with Gasteiger partial charge in [0.1, 0.15) is 13.2 Å². The number of benzene rings is 2. The van der Waals surface area contributed by atoms with E-state index in [-0.39, 0.29) is 16.1 Å². The third-order valence-corrected chi connectivity index (χ3v) is 6.98. The number of sulfonamides is 1. The van der Waals surface area contributed by atoms with Crippen LogP contribution in [0, 0.1) is 0 Å². The Morgan fingerprint density at radius 1 is 1.03 bits per heavy atom. The Hall–Kier alpha value is -2.59. The van der Waals surface area contributed by atoms with Crippen LogP contribution in [0.1, 0.15) is 10.4 Å². The predicted octanol–water partition coefficient (Wildman–Crippen LogP) is 2.51. The summed E-state index contributed by atoms with van der Waals surface area (Å²) in [5.74, 6) is 1.62. The van der Waals surface area contributed by atoms with E-state index < -0.39 is 16.0 Å². The van der Waals surface area contributed by atoms with E-state index in [1.807, 2.05) is 16.7 Å². The van der Waals surface area contributed by atoms with E-state index in [1.165, 1.54) is 18.2 Å². The number of hydrogen-bond donors (Lipinski definition) is 2. The number of aromatic carboxylic acids is 1. The highest BCUT2D eigenvalue weighted by Gasteiger charge is 2.22. The number of nitrogens with zero attached hydrogens (tertiary/aromatic N) is 1. The van der Waals surface area contributed by atoms with Crippen molar-refractivity contribution in [3.05, 3.63) is 42.0 Å². The number of carboxylic acid groups (broad SMARTS) is 1. The summed E-state index contributed by atoms with van der Waals surface area (Å²) in [4.78, 5) is 13.8. The quantitative estimate of drug-likeness (QED) is 0.737. The van der Waals surface area contributed by atoms with E-state index in [0.29, 0.717) is 30.4 Å². The van der Waals surface area contributed by atoms with Gasteiger partial charge in [-0.25, -0.2) is 13.2 Å². The maximum absolute atomic E-state index is 12.8. The van der Waals surface area contributed by atoms with Crippen LogP contribution in [0.3, 0.4) is 0 Å². The van der Waals surface area contributed by atoms with Crippen molar-refractivity contribution in [3.63, 3.8) is 0 Å². The fourth-order valence-electron chi connectivity index (χ4n) is 3.26. The maximum atomic E-state index is 12.8. The summed E-state index contributed by atoms with van der Waals surface area (Å²) in [7, 11) is -3.92. The first-order valence-electron chi connectivity index (χ1n) is 9.06. The van der Waals surface area contributed by atoms with Crippen molar-refractivity contribution in [2.24, 2.45) is 0 Å². The highest BCUT2D eigenvalue weighted by atomic mass is 32.2. The minimum absolute atomic E-state index is 0.00996. The van der Waals surface area contributed by atoms with Gasteiger partial charge in [-0.15, -0.1) is 0 Å². The number of ether oxygens (including phenoxy) is 2. The Morgan fingerprint density at radius 3 is 2.48 bits per heavy atom. The number of fused-ring (bicyclic) bond motifs is 1. The molecule has 0 radical (unpaired) electrons. The van der Waals surface area contributed by atoms with Gasteiger partial charge in [-0.2, -0.15) is 11.8 Å². The first-order valence-corrected chi connectivity index (χ1v) is 11.7. The molecule has 10 heteroatoms. The van der Waals surface area contributed by atoms with Gasteiger partial charge < -0.3 is 19.5 Å². The van der Waals surface area contributed by atoms with Crippen molar-refractivity contribution in [2.45, 2.75) is 4.90 Å². The molecule has 2 aromatic rings. The second-order valence-electron chi connectivity index (χ2n) is 6.55. The van der Waals surface area contributed by atoms with Gasteiger partial charge >= 0.3 is 5.97 Å². The molecular weight excluding hydrogens is 416 g/mol. The number of hydrogen-bond acceptors (Lipinski definition) is 7. The summed E-state index contributed by atoms with van der Waals surface area (Å²) in [5, 5.41) is 9.63. The summed E-state index contributed by atoms with van der Waals surface area (Å²) in [6.45, 7) is 2.28. The molecule has 4 rings (SSSR count). The molecule has 0 aromatic heterocycles. The van der Waals surface area contributed by atoms with Crippen LogP contribution in [0.4, 0.5) is 11.4 Å². The van der Waals surface area contributed by atoms with E-state index in [0.717, 1.165) is 24.6 Å². The summed E-state index contributed by atoms with van der Waals surface area (Å²) in [6.07, 6.45) is 0. The van der Waals surface area contributed by atoms with Gasteiger partial charge in [0.05, 0.1) is 16.1 Å². The second-order valence-corrected chi connectivity index (χ2v) is 9.45. The summed E-state index contributed by atoms with van der Waals surface area (Å²) in [6, 6.07) is 8.96. The number of carboxylic acids is 1. The zero-order chi connectivity index (χ0) is 20.4. The fourth-order valence-corrected chi connectivity index (χ4v) is 5.22. The molecule has 154 valence electrons. The van der Waals surface area contributed by atoms with Gasteiger partial charge in [0.25, 0.3) is 10.0 Å². The van der Waals surface area contributed by atoms with Crippen molar-refractivity contribution >= 4 is 39.1 Å². The number of nitrogens with one attached hydrogen (secondary N) is 1. The van der Waals surface area contributed by atoms with Crippen molar-refractivity contribution in [2.75, 3.05) is 47.4 Å². The van der Waals surface area contributed by atoms with Crippen molar-refractivity contribution < 1.29 is 27.8 Å². The zero-order valence-electron chi connectivity index (χ0n) is 15.5. The van der Waals surface area contributed by atoms with Crippen molar-refractivity contribution in [1.29, 1.82) is 0 Å².